The molecule has 0 aliphatic carbocycles. The first-order valence-electron chi connectivity index (χ1n) is 5.81. The number of rotatable bonds is 1. The summed E-state index contributed by atoms with van der Waals surface area (Å²) in [5, 5.41) is 1.02. The van der Waals surface area contributed by atoms with Crippen LogP contribution < -0.4 is 11.3 Å². The fourth-order valence-corrected chi connectivity index (χ4v) is 2.41. The molecule has 6 nitrogen and oxygen atoms in total. The highest BCUT2D eigenvalue weighted by molar-refractivity contribution is 6.14. The molecular formula is C13H10N4O2. The number of aromatic amines is 2. The van der Waals surface area contributed by atoms with E-state index in [0.29, 0.717) is 11.3 Å². The second-order valence-corrected chi connectivity index (χ2v) is 4.37. The third kappa shape index (κ3) is 1.26. The Hall–Kier alpha value is -2.73. The quantitative estimate of drug-likeness (QED) is 0.237. The molecule has 94 valence electrons. The molecule has 3 aromatic heterocycles. The number of para-hydroxylation sites is 1. The summed E-state index contributed by atoms with van der Waals surface area (Å²) in [6, 6.07) is 9.52. The average Bonchev–Trinajstić information content (AvgIpc) is 3.06. The predicted octanol–water partition coefficient (Wildman–Crippen LogP) is 2.00. The number of nitrogens with one attached hydrogen (secondary N) is 3. The van der Waals surface area contributed by atoms with Crippen LogP contribution in [0.4, 0.5) is 0 Å². The van der Waals surface area contributed by atoms with Gasteiger partial charge in [0.1, 0.15) is 16.7 Å². The maximum absolute atomic E-state index is 11.5. The van der Waals surface area contributed by atoms with Crippen LogP contribution in [0.5, 0.6) is 0 Å². The van der Waals surface area contributed by atoms with E-state index < -0.39 is 0 Å². The lowest BCUT2D eigenvalue weighted by molar-refractivity contribution is 0.0949. The van der Waals surface area contributed by atoms with Gasteiger partial charge in [0.2, 0.25) is 0 Å². The Balaban J connectivity index is 2.08. The van der Waals surface area contributed by atoms with Gasteiger partial charge in [-0.05, 0) is 12.1 Å². The first-order valence-corrected chi connectivity index (χ1v) is 5.81. The minimum absolute atomic E-state index is 0.372. The van der Waals surface area contributed by atoms with E-state index in [1.807, 2.05) is 24.3 Å². The lowest BCUT2D eigenvalue weighted by Gasteiger charge is -1.92. The van der Waals surface area contributed by atoms with E-state index in [9.17, 15) is 4.79 Å². The monoisotopic (exact) mass is 254 g/mol. The zero-order valence-corrected chi connectivity index (χ0v) is 9.78. The van der Waals surface area contributed by atoms with Gasteiger partial charge >= 0.3 is 0 Å². The fourth-order valence-electron chi connectivity index (χ4n) is 2.41. The normalized spacial score (nSPS) is 11.6. The zero-order valence-electron chi connectivity index (χ0n) is 9.78. The molecule has 0 fully saturated rings. The summed E-state index contributed by atoms with van der Waals surface area (Å²) in [7, 11) is 0. The van der Waals surface area contributed by atoms with Crippen molar-refractivity contribution in [1.29, 1.82) is 0 Å². The van der Waals surface area contributed by atoms with Gasteiger partial charge in [0.15, 0.2) is 11.2 Å². The minimum atomic E-state index is -0.379. The van der Waals surface area contributed by atoms with Gasteiger partial charge < -0.3 is 14.4 Å². The van der Waals surface area contributed by atoms with Gasteiger partial charge in [0.25, 0.3) is 5.91 Å². The third-order valence-corrected chi connectivity index (χ3v) is 3.28. The molecule has 4 rings (SSSR count). The van der Waals surface area contributed by atoms with Crippen LogP contribution in [-0.4, -0.2) is 15.9 Å². The van der Waals surface area contributed by atoms with Crippen LogP contribution >= 0.6 is 0 Å². The summed E-state index contributed by atoms with van der Waals surface area (Å²) in [6.07, 6.45) is 0. The molecular weight excluding hydrogens is 244 g/mol. The standard InChI is InChI=1S/C13H10N4O2/c14-17-13(18)8-5-9-10(16-8)11-12(19-9)6-3-1-2-4-7(6)15-11/h1-5,15-16H,14H2,(H,17,18). The molecule has 1 amide bonds. The molecule has 1 aromatic carbocycles. The van der Waals surface area contributed by atoms with Gasteiger partial charge in [-0.25, -0.2) is 5.84 Å². The van der Waals surface area contributed by atoms with Crippen molar-refractivity contribution in [1.82, 2.24) is 15.4 Å². The van der Waals surface area contributed by atoms with E-state index in [4.69, 9.17) is 10.3 Å². The first-order chi connectivity index (χ1) is 9.28. The Morgan fingerprint density at radius 3 is 2.89 bits per heavy atom. The highest BCUT2D eigenvalue weighted by atomic mass is 16.3. The van der Waals surface area contributed by atoms with Gasteiger partial charge in [0, 0.05) is 17.0 Å². The van der Waals surface area contributed by atoms with Crippen LogP contribution in [0.25, 0.3) is 33.1 Å². The van der Waals surface area contributed by atoms with Crippen LogP contribution in [0.15, 0.2) is 34.7 Å². The molecule has 0 saturated carbocycles. The Labute approximate surface area is 106 Å². The average molecular weight is 254 g/mol. The molecule has 0 bridgehead atoms. The molecule has 0 radical (unpaired) electrons. The molecule has 3 heterocycles. The number of hydrogen-bond acceptors (Lipinski definition) is 3. The van der Waals surface area contributed by atoms with Gasteiger partial charge in [-0.2, -0.15) is 0 Å². The second kappa shape index (κ2) is 3.39. The number of carbonyl (C=O) groups excluding carboxylic acids is 1. The smallest absolute Gasteiger partial charge is 0.281 e. The van der Waals surface area contributed by atoms with Gasteiger partial charge in [-0.15, -0.1) is 0 Å². The number of H-pyrrole nitrogens is 2. The van der Waals surface area contributed by atoms with Crippen LogP contribution in [0.3, 0.4) is 0 Å². The number of hydrogen-bond donors (Lipinski definition) is 4. The van der Waals surface area contributed by atoms with Crippen LogP contribution in [0.1, 0.15) is 10.5 Å². The summed E-state index contributed by atoms with van der Waals surface area (Å²) in [4.78, 5) is 17.8. The summed E-state index contributed by atoms with van der Waals surface area (Å²) >= 11 is 0. The maximum atomic E-state index is 11.5. The van der Waals surface area contributed by atoms with E-state index in [1.54, 1.807) is 6.07 Å². The van der Waals surface area contributed by atoms with Crippen molar-refractivity contribution in [2.45, 2.75) is 0 Å². The number of aromatic nitrogens is 2. The minimum Gasteiger partial charge on any atom is -0.452 e. The number of nitrogen functional groups attached to an aromatic ring is 1. The van der Waals surface area contributed by atoms with E-state index >= 15 is 0 Å². The van der Waals surface area contributed by atoms with E-state index in [2.05, 4.69) is 15.4 Å². The predicted molar refractivity (Wildman–Crippen MR) is 71.6 cm³/mol. The van der Waals surface area contributed by atoms with Crippen molar-refractivity contribution in [2.24, 2.45) is 5.84 Å². The molecule has 0 aliphatic heterocycles. The first kappa shape index (κ1) is 10.2. The van der Waals surface area contributed by atoms with Gasteiger partial charge in [-0.1, -0.05) is 12.1 Å². The van der Waals surface area contributed by atoms with Crippen molar-refractivity contribution in [3.05, 3.63) is 36.0 Å². The highest BCUT2D eigenvalue weighted by Crippen LogP contribution is 2.33. The number of carbonyl (C=O) groups is 1. The molecule has 4 aromatic rings. The van der Waals surface area contributed by atoms with Crippen molar-refractivity contribution < 1.29 is 9.21 Å². The summed E-state index contributed by atoms with van der Waals surface area (Å²) in [5.74, 6) is 4.73. The number of benzene rings is 1. The van der Waals surface area contributed by atoms with Crippen LogP contribution in [0.2, 0.25) is 0 Å². The molecule has 0 unspecified atom stereocenters. The maximum Gasteiger partial charge on any atom is 0.281 e. The Morgan fingerprint density at radius 1 is 1.21 bits per heavy atom. The lowest BCUT2D eigenvalue weighted by Crippen LogP contribution is -2.30. The summed E-state index contributed by atoms with van der Waals surface area (Å²) < 4.78 is 5.80. The molecule has 0 atom stereocenters. The van der Waals surface area contributed by atoms with E-state index in [0.717, 1.165) is 27.5 Å². The summed E-state index contributed by atoms with van der Waals surface area (Å²) in [6.45, 7) is 0. The molecule has 0 spiro atoms. The number of hydrazine groups is 1. The molecule has 5 N–H and O–H groups in total. The highest BCUT2D eigenvalue weighted by Gasteiger charge is 2.17. The SMILES string of the molecule is NNC(=O)c1cc2oc3c4ccccc4[nH]c3c2[nH]1. The number of amides is 1. The molecule has 19 heavy (non-hydrogen) atoms. The molecule has 0 saturated heterocycles. The third-order valence-electron chi connectivity index (χ3n) is 3.28. The Kier molecular flexibility index (Phi) is 1.82. The molecule has 6 heteroatoms. The fraction of sp³-hybridized carbons (Fsp3) is 0. The lowest BCUT2D eigenvalue weighted by atomic mass is 10.2. The number of nitrogens with two attached hydrogens (primary N) is 1. The second-order valence-electron chi connectivity index (χ2n) is 4.37. The largest absolute Gasteiger partial charge is 0.452 e. The van der Waals surface area contributed by atoms with E-state index in [1.165, 1.54) is 0 Å². The van der Waals surface area contributed by atoms with Crippen molar-refractivity contribution in [2.75, 3.05) is 0 Å². The number of fused-ring (bicyclic) bond motifs is 5. The Bertz CT molecular complexity index is 928. The zero-order chi connectivity index (χ0) is 13.0. The van der Waals surface area contributed by atoms with Crippen molar-refractivity contribution in [3.63, 3.8) is 0 Å². The van der Waals surface area contributed by atoms with Crippen LogP contribution in [0, 0.1) is 0 Å². The summed E-state index contributed by atoms with van der Waals surface area (Å²) in [5.41, 5.74) is 6.50. The van der Waals surface area contributed by atoms with Crippen molar-refractivity contribution >= 4 is 39.0 Å². The van der Waals surface area contributed by atoms with Gasteiger partial charge in [0.05, 0.1) is 0 Å². The molecule has 0 aliphatic rings. The Morgan fingerprint density at radius 2 is 2.05 bits per heavy atom. The van der Waals surface area contributed by atoms with Gasteiger partial charge in [-0.3, -0.25) is 10.2 Å². The topological polar surface area (TPSA) is 99.8 Å². The number of furan rings is 1. The van der Waals surface area contributed by atoms with E-state index in [-0.39, 0.29) is 5.91 Å². The van der Waals surface area contributed by atoms with Crippen molar-refractivity contribution in [3.8, 4) is 0 Å². The van der Waals surface area contributed by atoms with Crippen LogP contribution in [-0.2, 0) is 0 Å².